The lowest BCUT2D eigenvalue weighted by molar-refractivity contribution is 0.0954. The van der Waals surface area contributed by atoms with Crippen LogP contribution in [-0.4, -0.2) is 20.0 Å². The molecule has 1 amide bonds. The van der Waals surface area contributed by atoms with Gasteiger partial charge in [-0.25, -0.2) is 4.98 Å². The lowest BCUT2D eigenvalue weighted by Gasteiger charge is -2.07. The zero-order valence-corrected chi connectivity index (χ0v) is 18.3. The number of imidazole rings is 1. The molecule has 0 atom stereocenters. The Balaban J connectivity index is 0.00000240. The fraction of sp³-hybridized carbons (Fsp3) is 0.0500. The van der Waals surface area contributed by atoms with Crippen molar-refractivity contribution in [1.29, 1.82) is 0 Å². The lowest BCUT2D eigenvalue weighted by atomic mass is 10.2. The molecule has 4 aromatic rings. The Kier molecular flexibility index (Phi) is 6.68. The van der Waals surface area contributed by atoms with Gasteiger partial charge >= 0.3 is 0 Å². The molecule has 0 aliphatic heterocycles. The second-order valence-corrected chi connectivity index (χ2v) is 7.70. The highest BCUT2D eigenvalue weighted by molar-refractivity contribution is 8.93. The van der Waals surface area contributed by atoms with Gasteiger partial charge < -0.3 is 9.88 Å². The van der Waals surface area contributed by atoms with Crippen molar-refractivity contribution in [2.24, 2.45) is 0 Å². The third-order valence-corrected chi connectivity index (χ3v) is 5.34. The molecule has 3 heterocycles. The quantitative estimate of drug-likeness (QED) is 0.454. The van der Waals surface area contributed by atoms with Crippen LogP contribution >= 0.6 is 39.9 Å². The number of thiophene rings is 1. The first-order valence-electron chi connectivity index (χ1n) is 8.45. The molecule has 3 aromatic heterocycles. The van der Waals surface area contributed by atoms with Crippen molar-refractivity contribution in [3.05, 3.63) is 98.6 Å². The molecule has 0 aliphatic rings. The highest BCUT2D eigenvalue weighted by Crippen LogP contribution is 2.21. The Hall–Kier alpha value is -2.68. The highest BCUT2D eigenvalue weighted by atomic mass is 79.9. The van der Waals surface area contributed by atoms with Crippen LogP contribution in [0.4, 0.5) is 0 Å². The molecule has 0 aliphatic carbocycles. The number of carbonyl (C=O) groups is 1. The monoisotopic (exact) mass is 490 g/mol. The van der Waals surface area contributed by atoms with Gasteiger partial charge in [-0.05, 0) is 42.5 Å². The van der Waals surface area contributed by atoms with Gasteiger partial charge in [0.1, 0.15) is 0 Å². The number of aromatic nitrogens is 3. The summed E-state index contributed by atoms with van der Waals surface area (Å²) in [4.78, 5) is 28.9. The maximum absolute atomic E-state index is 12.1. The van der Waals surface area contributed by atoms with Crippen LogP contribution in [0.25, 0.3) is 11.4 Å². The summed E-state index contributed by atoms with van der Waals surface area (Å²) in [5.74, 6) is -0.177. The second kappa shape index (κ2) is 9.21. The molecule has 0 bridgehead atoms. The first kappa shape index (κ1) is 21.0. The largest absolute Gasteiger partial charge is 0.346 e. The Bertz CT molecular complexity index is 1180. The maximum atomic E-state index is 12.1. The molecule has 0 saturated carbocycles. The number of amides is 1. The van der Waals surface area contributed by atoms with E-state index >= 15 is 0 Å². The molecule has 1 aromatic carbocycles. The standard InChI is InChI=1S/C20H15ClN4O2S.BrH/c21-18-9-8-17(28-18)20(27)22-11-14-12-24(13-23-14)15-4-6-16(7-5-15)25-10-2-1-3-19(25)26;/h1-10,12-13H,11H2,(H,22,27);1H. The fourth-order valence-electron chi connectivity index (χ4n) is 2.72. The molecule has 0 radical (unpaired) electrons. The minimum Gasteiger partial charge on any atom is -0.346 e. The van der Waals surface area contributed by atoms with E-state index in [2.05, 4.69) is 10.3 Å². The molecule has 0 spiro atoms. The minimum absolute atomic E-state index is 0. The van der Waals surface area contributed by atoms with Crippen LogP contribution in [0.3, 0.4) is 0 Å². The zero-order chi connectivity index (χ0) is 19.5. The van der Waals surface area contributed by atoms with Gasteiger partial charge in [-0.1, -0.05) is 17.7 Å². The van der Waals surface area contributed by atoms with Crippen LogP contribution in [0, 0.1) is 0 Å². The Morgan fingerprint density at radius 1 is 1.07 bits per heavy atom. The third-order valence-electron chi connectivity index (χ3n) is 4.11. The number of nitrogens with one attached hydrogen (secondary N) is 1. The number of hydrogen-bond donors (Lipinski definition) is 1. The smallest absolute Gasteiger partial charge is 0.261 e. The van der Waals surface area contributed by atoms with Gasteiger partial charge in [0.15, 0.2) is 0 Å². The van der Waals surface area contributed by atoms with Gasteiger partial charge in [-0.3, -0.25) is 14.2 Å². The summed E-state index contributed by atoms with van der Waals surface area (Å²) in [6, 6.07) is 16.0. The normalized spacial score (nSPS) is 10.4. The average Bonchev–Trinajstić information content (AvgIpc) is 3.36. The van der Waals surface area contributed by atoms with Gasteiger partial charge in [-0.15, -0.1) is 28.3 Å². The zero-order valence-electron chi connectivity index (χ0n) is 15.0. The summed E-state index contributed by atoms with van der Waals surface area (Å²) in [6.07, 6.45) is 5.27. The van der Waals surface area contributed by atoms with E-state index in [-0.39, 0.29) is 28.4 Å². The van der Waals surface area contributed by atoms with Crippen LogP contribution in [0.2, 0.25) is 4.34 Å². The first-order chi connectivity index (χ1) is 13.6. The van der Waals surface area contributed by atoms with Gasteiger partial charge in [0.05, 0.1) is 27.8 Å². The summed E-state index contributed by atoms with van der Waals surface area (Å²) >= 11 is 7.09. The Morgan fingerprint density at radius 2 is 1.83 bits per heavy atom. The molecular weight excluding hydrogens is 476 g/mol. The van der Waals surface area contributed by atoms with Crippen molar-refractivity contribution in [2.75, 3.05) is 0 Å². The lowest BCUT2D eigenvalue weighted by Crippen LogP contribution is -2.21. The molecule has 1 N–H and O–H groups in total. The number of nitrogens with zero attached hydrogens (tertiary/aromatic N) is 3. The number of halogens is 2. The summed E-state index contributed by atoms with van der Waals surface area (Å²) in [5.41, 5.74) is 2.35. The van der Waals surface area contributed by atoms with Crippen molar-refractivity contribution >= 4 is 45.8 Å². The predicted octanol–water partition coefficient (Wildman–Crippen LogP) is 4.25. The van der Waals surface area contributed by atoms with Crippen molar-refractivity contribution < 1.29 is 4.79 Å². The van der Waals surface area contributed by atoms with Crippen LogP contribution in [0.5, 0.6) is 0 Å². The molecule has 0 unspecified atom stereocenters. The molecule has 4 rings (SSSR count). The second-order valence-electron chi connectivity index (χ2n) is 5.98. The van der Waals surface area contributed by atoms with Crippen LogP contribution in [0.1, 0.15) is 15.4 Å². The first-order valence-corrected chi connectivity index (χ1v) is 9.64. The highest BCUT2D eigenvalue weighted by Gasteiger charge is 2.09. The molecule has 148 valence electrons. The number of rotatable bonds is 5. The third kappa shape index (κ3) is 4.84. The van der Waals surface area contributed by atoms with Crippen molar-refractivity contribution in [3.8, 4) is 11.4 Å². The van der Waals surface area contributed by atoms with E-state index in [0.717, 1.165) is 17.1 Å². The number of carbonyl (C=O) groups excluding carboxylic acids is 1. The van der Waals surface area contributed by atoms with Gasteiger partial charge in [-0.2, -0.15) is 0 Å². The van der Waals surface area contributed by atoms with E-state index < -0.39 is 0 Å². The van der Waals surface area contributed by atoms with E-state index in [9.17, 15) is 9.59 Å². The Labute approximate surface area is 186 Å². The minimum atomic E-state index is -0.177. The SMILES string of the molecule is Br.O=C(NCc1cn(-c2ccc(-n3ccccc3=O)cc2)cn1)c1ccc(Cl)s1. The van der Waals surface area contributed by atoms with Gasteiger partial charge in [0.2, 0.25) is 0 Å². The van der Waals surface area contributed by atoms with Crippen LogP contribution in [-0.2, 0) is 6.54 Å². The average molecular weight is 492 g/mol. The number of pyridine rings is 1. The van der Waals surface area contributed by atoms with Crippen molar-refractivity contribution in [3.63, 3.8) is 0 Å². The molecule has 29 heavy (non-hydrogen) atoms. The van der Waals surface area contributed by atoms with Gasteiger partial charge in [0, 0.05) is 29.8 Å². The van der Waals surface area contributed by atoms with Crippen molar-refractivity contribution in [1.82, 2.24) is 19.4 Å². The molecule has 0 fully saturated rings. The summed E-state index contributed by atoms with van der Waals surface area (Å²) in [7, 11) is 0. The van der Waals surface area contributed by atoms with E-state index in [4.69, 9.17) is 11.6 Å². The summed E-state index contributed by atoms with van der Waals surface area (Å²) in [5, 5.41) is 2.83. The summed E-state index contributed by atoms with van der Waals surface area (Å²) < 4.78 is 4.02. The predicted molar refractivity (Wildman–Crippen MR) is 120 cm³/mol. The van der Waals surface area contributed by atoms with E-state index in [1.54, 1.807) is 35.3 Å². The Morgan fingerprint density at radius 3 is 2.52 bits per heavy atom. The topological polar surface area (TPSA) is 68.9 Å². The van der Waals surface area contributed by atoms with E-state index in [1.165, 1.54) is 17.4 Å². The number of hydrogen-bond acceptors (Lipinski definition) is 4. The molecule has 6 nitrogen and oxygen atoms in total. The molecular formula is C20H16BrClN4O2S. The van der Waals surface area contributed by atoms with Crippen LogP contribution in [0.15, 0.2) is 78.1 Å². The molecule has 9 heteroatoms. The van der Waals surface area contributed by atoms with E-state index in [1.807, 2.05) is 41.1 Å². The maximum Gasteiger partial charge on any atom is 0.261 e. The fourth-order valence-corrected chi connectivity index (χ4v) is 3.68. The van der Waals surface area contributed by atoms with Gasteiger partial charge in [0.25, 0.3) is 11.5 Å². The summed E-state index contributed by atoms with van der Waals surface area (Å²) in [6.45, 7) is 0.318. The number of benzene rings is 1. The van der Waals surface area contributed by atoms with Crippen LogP contribution < -0.4 is 10.9 Å². The molecule has 0 saturated heterocycles. The van der Waals surface area contributed by atoms with Crippen molar-refractivity contribution in [2.45, 2.75) is 6.54 Å². The van der Waals surface area contributed by atoms with E-state index in [0.29, 0.717) is 15.8 Å².